The van der Waals surface area contributed by atoms with Crippen molar-refractivity contribution in [3.8, 4) is 0 Å². The van der Waals surface area contributed by atoms with E-state index in [1.165, 1.54) is 12.8 Å². The minimum absolute atomic E-state index is 0.146. The van der Waals surface area contributed by atoms with Gasteiger partial charge in [-0.15, -0.1) is 10.2 Å². The Labute approximate surface area is 106 Å². The van der Waals surface area contributed by atoms with E-state index < -0.39 is 0 Å². The summed E-state index contributed by atoms with van der Waals surface area (Å²) >= 11 is 1.64. The van der Waals surface area contributed by atoms with Crippen molar-refractivity contribution in [2.45, 2.75) is 43.4 Å². The highest BCUT2D eigenvalue weighted by molar-refractivity contribution is 7.99. The Morgan fingerprint density at radius 2 is 2.24 bits per heavy atom. The molecular weight excluding hydrogens is 236 g/mol. The first-order valence-electron chi connectivity index (χ1n) is 5.91. The zero-order chi connectivity index (χ0) is 12.5. The summed E-state index contributed by atoms with van der Waals surface area (Å²) in [7, 11) is 1.96. The van der Waals surface area contributed by atoms with Crippen LogP contribution in [0.1, 0.15) is 25.6 Å². The fourth-order valence-corrected chi connectivity index (χ4v) is 2.64. The highest BCUT2D eigenvalue weighted by Gasteiger charge is 2.32. The molecular formula is C11H20N4OS. The fraction of sp³-hybridized carbons (Fsp3) is 0.818. The maximum atomic E-state index is 9.50. The number of aromatic nitrogens is 3. The molecule has 0 aliphatic heterocycles. The highest BCUT2D eigenvalue weighted by Crippen LogP contribution is 2.26. The number of nitrogens with one attached hydrogen (secondary N) is 1. The standard InChI is InChI=1S/C11H20N4OS/c1-8-13-14-10(15(8)3)17-7-11(2,6-16)12-9-4-5-9/h9,12,16H,4-7H2,1-3H3. The quantitative estimate of drug-likeness (QED) is 0.734. The van der Waals surface area contributed by atoms with Crippen molar-refractivity contribution >= 4 is 11.8 Å². The van der Waals surface area contributed by atoms with Gasteiger partial charge in [0.1, 0.15) is 5.82 Å². The van der Waals surface area contributed by atoms with Gasteiger partial charge in [-0.2, -0.15) is 0 Å². The lowest BCUT2D eigenvalue weighted by Gasteiger charge is -2.28. The van der Waals surface area contributed by atoms with E-state index in [2.05, 4.69) is 22.4 Å². The summed E-state index contributed by atoms with van der Waals surface area (Å²) in [6, 6.07) is 0.592. The minimum Gasteiger partial charge on any atom is -0.394 e. The highest BCUT2D eigenvalue weighted by atomic mass is 32.2. The van der Waals surface area contributed by atoms with E-state index in [0.29, 0.717) is 6.04 Å². The number of aliphatic hydroxyl groups excluding tert-OH is 1. The zero-order valence-electron chi connectivity index (χ0n) is 10.6. The predicted molar refractivity (Wildman–Crippen MR) is 68.1 cm³/mol. The third kappa shape index (κ3) is 3.20. The Balaban J connectivity index is 1.92. The van der Waals surface area contributed by atoms with Crippen molar-refractivity contribution < 1.29 is 5.11 Å². The van der Waals surface area contributed by atoms with E-state index in [-0.39, 0.29) is 12.1 Å². The molecule has 0 aromatic carbocycles. The van der Waals surface area contributed by atoms with Gasteiger partial charge in [0.05, 0.1) is 6.61 Å². The molecule has 0 bridgehead atoms. The van der Waals surface area contributed by atoms with E-state index in [0.717, 1.165) is 16.7 Å². The molecule has 1 unspecified atom stereocenters. The molecule has 1 aromatic heterocycles. The molecule has 0 radical (unpaired) electrons. The van der Waals surface area contributed by atoms with Crippen LogP contribution < -0.4 is 5.32 Å². The van der Waals surface area contributed by atoms with E-state index in [4.69, 9.17) is 0 Å². The number of hydrogen-bond donors (Lipinski definition) is 2. The Bertz CT molecular complexity index is 391. The second kappa shape index (κ2) is 4.96. The molecule has 0 spiro atoms. The largest absolute Gasteiger partial charge is 0.394 e. The molecule has 1 fully saturated rings. The number of thioether (sulfide) groups is 1. The molecule has 1 atom stereocenters. The Morgan fingerprint density at radius 3 is 2.71 bits per heavy atom. The van der Waals surface area contributed by atoms with Gasteiger partial charge in [-0.1, -0.05) is 11.8 Å². The van der Waals surface area contributed by atoms with Crippen molar-refractivity contribution in [1.82, 2.24) is 20.1 Å². The Hall–Kier alpha value is -0.590. The number of rotatable bonds is 6. The van der Waals surface area contributed by atoms with Crippen LogP contribution in [0.25, 0.3) is 0 Å². The second-order valence-electron chi connectivity index (χ2n) is 5.01. The van der Waals surface area contributed by atoms with Crippen LogP contribution in [0.15, 0.2) is 5.16 Å². The van der Waals surface area contributed by atoms with Crippen molar-refractivity contribution in [2.24, 2.45) is 7.05 Å². The average Bonchev–Trinajstić information content (AvgIpc) is 3.06. The zero-order valence-corrected chi connectivity index (χ0v) is 11.4. The van der Waals surface area contributed by atoms with Crippen LogP contribution in [-0.4, -0.2) is 43.8 Å². The van der Waals surface area contributed by atoms with Crippen LogP contribution in [0, 0.1) is 6.92 Å². The van der Waals surface area contributed by atoms with Gasteiger partial charge >= 0.3 is 0 Å². The third-order valence-corrected chi connectivity index (χ3v) is 4.45. The summed E-state index contributed by atoms with van der Waals surface area (Å²) in [6.07, 6.45) is 2.45. The predicted octanol–water partition coefficient (Wildman–Crippen LogP) is 0.719. The van der Waals surface area contributed by atoms with Gasteiger partial charge in [0.25, 0.3) is 0 Å². The number of aryl methyl sites for hydroxylation is 1. The van der Waals surface area contributed by atoms with Gasteiger partial charge in [0.2, 0.25) is 0 Å². The second-order valence-corrected chi connectivity index (χ2v) is 5.96. The lowest BCUT2D eigenvalue weighted by Crippen LogP contribution is -2.49. The average molecular weight is 256 g/mol. The van der Waals surface area contributed by atoms with E-state index in [9.17, 15) is 5.11 Å². The van der Waals surface area contributed by atoms with Gasteiger partial charge in [-0.3, -0.25) is 0 Å². The molecule has 17 heavy (non-hydrogen) atoms. The van der Waals surface area contributed by atoms with E-state index in [1.807, 2.05) is 18.5 Å². The number of hydrogen-bond acceptors (Lipinski definition) is 5. The summed E-state index contributed by atoms with van der Waals surface area (Å²) in [4.78, 5) is 0. The van der Waals surface area contributed by atoms with Crippen LogP contribution in [0.2, 0.25) is 0 Å². The van der Waals surface area contributed by atoms with Gasteiger partial charge < -0.3 is 15.0 Å². The van der Waals surface area contributed by atoms with Crippen molar-refractivity contribution in [3.05, 3.63) is 5.82 Å². The summed E-state index contributed by atoms with van der Waals surface area (Å²) in [5, 5.41) is 22.0. The SMILES string of the molecule is Cc1nnc(SCC(C)(CO)NC2CC2)n1C. The molecule has 2 N–H and O–H groups in total. The lowest BCUT2D eigenvalue weighted by atomic mass is 10.1. The maximum Gasteiger partial charge on any atom is 0.191 e. The smallest absolute Gasteiger partial charge is 0.191 e. The summed E-state index contributed by atoms with van der Waals surface area (Å²) < 4.78 is 1.97. The molecule has 96 valence electrons. The van der Waals surface area contributed by atoms with Gasteiger partial charge in [-0.25, -0.2) is 0 Å². The monoisotopic (exact) mass is 256 g/mol. The van der Waals surface area contributed by atoms with Crippen LogP contribution in [0.5, 0.6) is 0 Å². The first kappa shape index (κ1) is 12.9. The van der Waals surface area contributed by atoms with Crippen LogP contribution >= 0.6 is 11.8 Å². The van der Waals surface area contributed by atoms with Gasteiger partial charge in [0, 0.05) is 24.4 Å². The maximum absolute atomic E-state index is 9.50. The number of nitrogens with zero attached hydrogens (tertiary/aromatic N) is 3. The summed E-state index contributed by atoms with van der Waals surface area (Å²) in [6.45, 7) is 4.14. The molecule has 1 aliphatic carbocycles. The normalized spacial score (nSPS) is 19.3. The fourth-order valence-electron chi connectivity index (χ4n) is 1.59. The third-order valence-electron chi connectivity index (χ3n) is 3.05. The van der Waals surface area contributed by atoms with Gasteiger partial charge in [0.15, 0.2) is 5.16 Å². The van der Waals surface area contributed by atoms with Crippen LogP contribution in [0.3, 0.4) is 0 Å². The Morgan fingerprint density at radius 1 is 1.53 bits per heavy atom. The number of aliphatic hydroxyl groups is 1. The van der Waals surface area contributed by atoms with Gasteiger partial charge in [-0.05, 0) is 26.7 Å². The molecule has 1 aromatic rings. The molecule has 1 saturated carbocycles. The lowest BCUT2D eigenvalue weighted by molar-refractivity contribution is 0.190. The van der Waals surface area contributed by atoms with Crippen LogP contribution in [-0.2, 0) is 7.05 Å². The van der Waals surface area contributed by atoms with Crippen molar-refractivity contribution in [2.75, 3.05) is 12.4 Å². The molecule has 2 rings (SSSR count). The first-order valence-corrected chi connectivity index (χ1v) is 6.90. The van der Waals surface area contributed by atoms with Crippen LogP contribution in [0.4, 0.5) is 0 Å². The Kier molecular flexibility index (Phi) is 3.75. The summed E-state index contributed by atoms with van der Waals surface area (Å²) in [5.41, 5.74) is -0.230. The van der Waals surface area contributed by atoms with E-state index >= 15 is 0 Å². The molecule has 6 heteroatoms. The van der Waals surface area contributed by atoms with Crippen molar-refractivity contribution in [3.63, 3.8) is 0 Å². The minimum atomic E-state index is -0.230. The molecule has 0 saturated heterocycles. The summed E-state index contributed by atoms with van der Waals surface area (Å²) in [5.74, 6) is 1.71. The van der Waals surface area contributed by atoms with E-state index in [1.54, 1.807) is 11.8 Å². The first-order chi connectivity index (χ1) is 8.04. The molecule has 5 nitrogen and oxygen atoms in total. The van der Waals surface area contributed by atoms with Crippen molar-refractivity contribution in [1.29, 1.82) is 0 Å². The molecule has 1 heterocycles. The molecule has 0 amide bonds. The molecule has 1 aliphatic rings. The topological polar surface area (TPSA) is 63.0 Å².